The highest BCUT2D eigenvalue weighted by molar-refractivity contribution is 6.46. The maximum absolute atomic E-state index is 13.2. The van der Waals surface area contributed by atoms with Crippen molar-refractivity contribution in [2.75, 3.05) is 7.11 Å². The Balaban J connectivity index is 1.79. The number of rotatable bonds is 7. The van der Waals surface area contributed by atoms with E-state index in [1.807, 2.05) is 26.0 Å². The molecule has 34 heavy (non-hydrogen) atoms. The van der Waals surface area contributed by atoms with E-state index < -0.39 is 17.7 Å². The summed E-state index contributed by atoms with van der Waals surface area (Å²) in [6.45, 7) is 5.74. The van der Waals surface area contributed by atoms with Gasteiger partial charge in [0, 0.05) is 12.1 Å². The number of hydrogen-bond acceptors (Lipinski definition) is 6. The molecule has 1 aliphatic heterocycles. The number of likely N-dealkylation sites (tertiary alicyclic amines) is 1. The maximum atomic E-state index is 13.2. The van der Waals surface area contributed by atoms with Crippen molar-refractivity contribution >= 4 is 17.4 Å². The standard InChI is InChI=1S/C27H27NO6/c1-16(2)33-21-7-5-6-19(14-21)25(29)23-24(22-13-8-17(3)34-22)28(27(31)26(23)30)15-18-9-11-20(32-4)12-10-18/h5-14,16,24,29H,15H2,1-4H3/b25-23-. The molecule has 0 spiro atoms. The molecule has 0 aliphatic carbocycles. The predicted molar refractivity (Wildman–Crippen MR) is 126 cm³/mol. The number of carbonyl (C=O) groups excluding carboxylic acids is 2. The number of ketones is 1. The zero-order valence-corrected chi connectivity index (χ0v) is 19.6. The first-order valence-corrected chi connectivity index (χ1v) is 11.0. The number of aryl methyl sites for hydroxylation is 1. The summed E-state index contributed by atoms with van der Waals surface area (Å²) in [6.07, 6.45) is -0.0569. The van der Waals surface area contributed by atoms with Gasteiger partial charge in [-0.15, -0.1) is 0 Å². The second kappa shape index (κ2) is 9.47. The van der Waals surface area contributed by atoms with Crippen LogP contribution in [-0.4, -0.2) is 34.9 Å². The first-order valence-electron chi connectivity index (χ1n) is 11.0. The number of aliphatic hydroxyl groups excluding tert-OH is 1. The molecule has 1 unspecified atom stereocenters. The molecule has 1 fully saturated rings. The third kappa shape index (κ3) is 4.55. The molecular formula is C27H27NO6. The Morgan fingerprint density at radius 3 is 2.41 bits per heavy atom. The number of amides is 1. The van der Waals surface area contributed by atoms with Crippen molar-refractivity contribution in [1.82, 2.24) is 4.90 Å². The molecule has 7 heteroatoms. The van der Waals surface area contributed by atoms with Gasteiger partial charge < -0.3 is 23.9 Å². The van der Waals surface area contributed by atoms with Crippen LogP contribution in [0.2, 0.25) is 0 Å². The lowest BCUT2D eigenvalue weighted by atomic mass is 9.99. The van der Waals surface area contributed by atoms with Gasteiger partial charge >= 0.3 is 0 Å². The molecule has 1 aliphatic rings. The van der Waals surface area contributed by atoms with Crippen LogP contribution < -0.4 is 9.47 Å². The Kier molecular flexibility index (Phi) is 6.45. The van der Waals surface area contributed by atoms with Crippen LogP contribution in [0.15, 0.2) is 70.7 Å². The van der Waals surface area contributed by atoms with E-state index in [-0.39, 0.29) is 24.0 Å². The smallest absolute Gasteiger partial charge is 0.296 e. The lowest BCUT2D eigenvalue weighted by Gasteiger charge is -2.23. The van der Waals surface area contributed by atoms with E-state index in [0.717, 1.165) is 5.56 Å². The molecule has 1 aromatic heterocycles. The number of carbonyl (C=O) groups is 2. The van der Waals surface area contributed by atoms with Gasteiger partial charge in [-0.2, -0.15) is 0 Å². The minimum absolute atomic E-state index is 0.0189. The summed E-state index contributed by atoms with van der Waals surface area (Å²) in [5.41, 5.74) is 1.17. The fourth-order valence-electron chi connectivity index (χ4n) is 4.01. The van der Waals surface area contributed by atoms with E-state index in [9.17, 15) is 14.7 Å². The highest BCUT2D eigenvalue weighted by Gasteiger charge is 2.47. The van der Waals surface area contributed by atoms with E-state index in [0.29, 0.717) is 28.6 Å². The van der Waals surface area contributed by atoms with Crippen LogP contribution in [0.25, 0.3) is 5.76 Å². The summed E-state index contributed by atoms with van der Waals surface area (Å²) >= 11 is 0. The molecule has 0 saturated carbocycles. The number of methoxy groups -OCH3 is 1. The maximum Gasteiger partial charge on any atom is 0.296 e. The number of benzene rings is 2. The first-order chi connectivity index (χ1) is 16.3. The van der Waals surface area contributed by atoms with Crippen molar-refractivity contribution in [2.24, 2.45) is 0 Å². The molecule has 2 aromatic carbocycles. The summed E-state index contributed by atoms with van der Waals surface area (Å²) in [5.74, 6) is 0.540. The van der Waals surface area contributed by atoms with Gasteiger partial charge in [0.2, 0.25) is 0 Å². The molecule has 1 N–H and O–H groups in total. The molecule has 1 amide bonds. The van der Waals surface area contributed by atoms with Gasteiger partial charge in [0.05, 0.1) is 18.8 Å². The monoisotopic (exact) mass is 461 g/mol. The lowest BCUT2D eigenvalue weighted by Crippen LogP contribution is -2.29. The second-order valence-electron chi connectivity index (χ2n) is 8.42. The van der Waals surface area contributed by atoms with Gasteiger partial charge in [0.1, 0.15) is 34.8 Å². The number of hydrogen-bond donors (Lipinski definition) is 1. The minimum Gasteiger partial charge on any atom is -0.507 e. The highest BCUT2D eigenvalue weighted by atomic mass is 16.5. The number of nitrogens with zero attached hydrogens (tertiary/aromatic N) is 1. The van der Waals surface area contributed by atoms with Crippen molar-refractivity contribution < 1.29 is 28.6 Å². The van der Waals surface area contributed by atoms with Gasteiger partial charge in [-0.3, -0.25) is 9.59 Å². The Morgan fingerprint density at radius 2 is 1.79 bits per heavy atom. The molecule has 3 aromatic rings. The first kappa shape index (κ1) is 23.2. The summed E-state index contributed by atoms with van der Waals surface area (Å²) in [4.78, 5) is 27.7. The Bertz CT molecular complexity index is 1240. The number of furan rings is 1. The summed E-state index contributed by atoms with van der Waals surface area (Å²) in [6, 6.07) is 16.7. The van der Waals surface area contributed by atoms with Crippen molar-refractivity contribution in [3.63, 3.8) is 0 Å². The van der Waals surface area contributed by atoms with Crippen molar-refractivity contribution in [3.05, 3.63) is 88.9 Å². The second-order valence-corrected chi connectivity index (χ2v) is 8.42. The van der Waals surface area contributed by atoms with Crippen LogP contribution in [0.1, 0.15) is 42.5 Å². The van der Waals surface area contributed by atoms with Crippen LogP contribution in [0.3, 0.4) is 0 Å². The molecule has 176 valence electrons. The van der Waals surface area contributed by atoms with Crippen LogP contribution in [0, 0.1) is 6.92 Å². The van der Waals surface area contributed by atoms with Crippen LogP contribution >= 0.6 is 0 Å². The molecule has 0 bridgehead atoms. The summed E-state index contributed by atoms with van der Waals surface area (Å²) in [7, 11) is 1.58. The van der Waals surface area contributed by atoms with Crippen molar-refractivity contribution in [2.45, 2.75) is 39.5 Å². The lowest BCUT2D eigenvalue weighted by molar-refractivity contribution is -0.140. The largest absolute Gasteiger partial charge is 0.507 e. The van der Waals surface area contributed by atoms with E-state index in [1.165, 1.54) is 4.90 Å². The average Bonchev–Trinajstić information content (AvgIpc) is 3.35. The van der Waals surface area contributed by atoms with Crippen LogP contribution in [0.4, 0.5) is 0 Å². The fraction of sp³-hybridized carbons (Fsp3) is 0.259. The van der Waals surface area contributed by atoms with E-state index >= 15 is 0 Å². The number of ether oxygens (including phenoxy) is 2. The SMILES string of the molecule is COc1ccc(CN2C(=O)C(=O)/C(=C(\O)c3cccc(OC(C)C)c3)C2c2ccc(C)o2)cc1. The van der Waals surface area contributed by atoms with Gasteiger partial charge in [0.15, 0.2) is 0 Å². The van der Waals surface area contributed by atoms with Gasteiger partial charge in [-0.25, -0.2) is 0 Å². The minimum atomic E-state index is -0.870. The van der Waals surface area contributed by atoms with E-state index in [2.05, 4.69) is 0 Å². The van der Waals surface area contributed by atoms with Crippen molar-refractivity contribution in [1.29, 1.82) is 0 Å². The zero-order valence-electron chi connectivity index (χ0n) is 19.6. The average molecular weight is 462 g/mol. The van der Waals surface area contributed by atoms with Crippen LogP contribution in [-0.2, 0) is 16.1 Å². The Labute approximate surface area is 198 Å². The molecule has 1 saturated heterocycles. The normalized spacial score (nSPS) is 17.4. The quantitative estimate of drug-likeness (QED) is 0.302. The summed E-state index contributed by atoms with van der Waals surface area (Å²) < 4.78 is 16.8. The molecule has 1 atom stereocenters. The molecule has 7 nitrogen and oxygen atoms in total. The van der Waals surface area contributed by atoms with Crippen LogP contribution in [0.5, 0.6) is 11.5 Å². The fourth-order valence-corrected chi connectivity index (χ4v) is 4.01. The predicted octanol–water partition coefficient (Wildman–Crippen LogP) is 5.01. The molecule has 0 radical (unpaired) electrons. The Morgan fingerprint density at radius 1 is 1.06 bits per heavy atom. The highest BCUT2D eigenvalue weighted by Crippen LogP contribution is 2.41. The summed E-state index contributed by atoms with van der Waals surface area (Å²) in [5, 5.41) is 11.2. The third-order valence-electron chi connectivity index (χ3n) is 5.56. The number of aliphatic hydroxyl groups is 1. The van der Waals surface area contributed by atoms with E-state index in [4.69, 9.17) is 13.9 Å². The van der Waals surface area contributed by atoms with Crippen molar-refractivity contribution in [3.8, 4) is 11.5 Å². The number of Topliss-reactive ketones (excluding diaryl/α,β-unsaturated/α-hetero) is 1. The van der Waals surface area contributed by atoms with E-state index in [1.54, 1.807) is 62.6 Å². The van der Waals surface area contributed by atoms with Gasteiger partial charge in [0.25, 0.3) is 11.7 Å². The molecule has 4 rings (SSSR count). The third-order valence-corrected chi connectivity index (χ3v) is 5.56. The van der Waals surface area contributed by atoms with Gasteiger partial charge in [-0.05, 0) is 62.7 Å². The topological polar surface area (TPSA) is 89.2 Å². The Hall–Kier alpha value is -4.00. The molecular weight excluding hydrogens is 434 g/mol. The van der Waals surface area contributed by atoms with Gasteiger partial charge in [-0.1, -0.05) is 24.3 Å². The molecule has 2 heterocycles. The zero-order chi connectivity index (χ0) is 24.4.